The van der Waals surface area contributed by atoms with Crippen molar-refractivity contribution in [3.63, 3.8) is 0 Å². The summed E-state index contributed by atoms with van der Waals surface area (Å²) in [4.78, 5) is 23.1. The molecular formula is C12H11N3O2S. The third kappa shape index (κ3) is 3.14. The van der Waals surface area contributed by atoms with Crippen molar-refractivity contribution in [2.24, 2.45) is 0 Å². The first-order chi connectivity index (χ1) is 8.65. The van der Waals surface area contributed by atoms with Gasteiger partial charge in [0.15, 0.2) is 0 Å². The number of nitrogens with one attached hydrogen (secondary N) is 2. The number of carbonyl (C=O) groups excluding carboxylic acids is 2. The van der Waals surface area contributed by atoms with Crippen LogP contribution in [0.25, 0.3) is 0 Å². The van der Waals surface area contributed by atoms with Crippen LogP contribution >= 0.6 is 11.5 Å². The molecular weight excluding hydrogens is 250 g/mol. The number of anilines is 2. The SMILES string of the molecule is CC(=O)Nc1ccc(NC(=O)c2ccns2)cc1. The van der Waals surface area contributed by atoms with E-state index in [0.29, 0.717) is 16.3 Å². The van der Waals surface area contributed by atoms with Gasteiger partial charge < -0.3 is 10.6 Å². The molecule has 0 saturated carbocycles. The first-order valence-corrected chi connectivity index (χ1v) is 6.02. The average molecular weight is 261 g/mol. The van der Waals surface area contributed by atoms with E-state index in [9.17, 15) is 9.59 Å². The zero-order chi connectivity index (χ0) is 13.0. The highest BCUT2D eigenvalue weighted by atomic mass is 32.1. The van der Waals surface area contributed by atoms with Gasteiger partial charge in [-0.1, -0.05) is 0 Å². The van der Waals surface area contributed by atoms with E-state index >= 15 is 0 Å². The molecule has 18 heavy (non-hydrogen) atoms. The Balaban J connectivity index is 2.02. The fourth-order valence-corrected chi connectivity index (χ4v) is 1.86. The van der Waals surface area contributed by atoms with Crippen molar-refractivity contribution in [3.8, 4) is 0 Å². The zero-order valence-corrected chi connectivity index (χ0v) is 10.5. The second-order valence-electron chi connectivity index (χ2n) is 3.59. The van der Waals surface area contributed by atoms with Crippen molar-refractivity contribution in [2.75, 3.05) is 10.6 Å². The molecule has 92 valence electrons. The Morgan fingerprint density at radius 3 is 2.17 bits per heavy atom. The lowest BCUT2D eigenvalue weighted by Crippen LogP contribution is -2.10. The Kier molecular flexibility index (Phi) is 3.69. The topological polar surface area (TPSA) is 71.1 Å². The summed E-state index contributed by atoms with van der Waals surface area (Å²) in [5.74, 6) is -0.318. The van der Waals surface area contributed by atoms with Gasteiger partial charge in [0.1, 0.15) is 4.88 Å². The fourth-order valence-electron chi connectivity index (χ4n) is 1.37. The zero-order valence-electron chi connectivity index (χ0n) is 9.64. The second-order valence-corrected chi connectivity index (χ2v) is 4.42. The highest BCUT2D eigenvalue weighted by Gasteiger charge is 2.07. The Bertz CT molecular complexity index is 549. The molecule has 1 heterocycles. The molecule has 5 nitrogen and oxygen atoms in total. The van der Waals surface area contributed by atoms with Crippen molar-refractivity contribution < 1.29 is 9.59 Å². The van der Waals surface area contributed by atoms with Crippen LogP contribution in [-0.4, -0.2) is 16.2 Å². The van der Waals surface area contributed by atoms with Crippen LogP contribution in [0.2, 0.25) is 0 Å². The maximum atomic E-state index is 11.7. The van der Waals surface area contributed by atoms with Gasteiger partial charge in [-0.3, -0.25) is 9.59 Å². The highest BCUT2D eigenvalue weighted by Crippen LogP contribution is 2.15. The van der Waals surface area contributed by atoms with Crippen molar-refractivity contribution in [1.82, 2.24) is 4.37 Å². The van der Waals surface area contributed by atoms with Crippen molar-refractivity contribution >= 4 is 34.7 Å². The number of aromatic nitrogens is 1. The lowest BCUT2D eigenvalue weighted by Gasteiger charge is -2.05. The minimum atomic E-state index is -0.190. The minimum absolute atomic E-state index is 0.128. The third-order valence-corrected chi connectivity index (χ3v) is 2.87. The number of rotatable bonds is 3. The monoisotopic (exact) mass is 261 g/mol. The number of carbonyl (C=O) groups is 2. The summed E-state index contributed by atoms with van der Waals surface area (Å²) in [7, 11) is 0. The van der Waals surface area contributed by atoms with Gasteiger partial charge >= 0.3 is 0 Å². The molecule has 2 aromatic rings. The van der Waals surface area contributed by atoms with Crippen LogP contribution in [-0.2, 0) is 4.79 Å². The van der Waals surface area contributed by atoms with E-state index in [4.69, 9.17) is 0 Å². The number of amides is 2. The van der Waals surface area contributed by atoms with E-state index < -0.39 is 0 Å². The molecule has 2 amide bonds. The van der Waals surface area contributed by atoms with E-state index in [1.807, 2.05) is 0 Å². The Morgan fingerprint density at radius 2 is 1.67 bits per heavy atom. The molecule has 0 aliphatic rings. The Morgan fingerprint density at radius 1 is 1.06 bits per heavy atom. The molecule has 0 bridgehead atoms. The summed E-state index contributed by atoms with van der Waals surface area (Å²) in [6.07, 6.45) is 1.58. The van der Waals surface area contributed by atoms with Gasteiger partial charge in [0, 0.05) is 24.5 Å². The summed E-state index contributed by atoms with van der Waals surface area (Å²) in [5, 5.41) is 5.40. The molecule has 0 spiro atoms. The molecule has 0 atom stereocenters. The van der Waals surface area contributed by atoms with Gasteiger partial charge in [-0.05, 0) is 41.9 Å². The van der Waals surface area contributed by atoms with E-state index in [1.54, 1.807) is 36.5 Å². The Hall–Kier alpha value is -2.21. The average Bonchev–Trinajstić information content (AvgIpc) is 2.84. The predicted molar refractivity (Wildman–Crippen MR) is 70.8 cm³/mol. The van der Waals surface area contributed by atoms with Crippen LogP contribution in [0.15, 0.2) is 36.5 Å². The normalized spacial score (nSPS) is 9.83. The summed E-state index contributed by atoms with van der Waals surface area (Å²) >= 11 is 1.14. The largest absolute Gasteiger partial charge is 0.326 e. The Labute approximate surface area is 108 Å². The van der Waals surface area contributed by atoms with E-state index in [2.05, 4.69) is 15.0 Å². The quantitative estimate of drug-likeness (QED) is 0.891. The number of benzene rings is 1. The maximum absolute atomic E-state index is 11.7. The summed E-state index contributed by atoms with van der Waals surface area (Å²) in [6.45, 7) is 1.44. The van der Waals surface area contributed by atoms with Crippen LogP contribution in [0, 0.1) is 0 Å². The fraction of sp³-hybridized carbons (Fsp3) is 0.0833. The molecule has 0 aliphatic carbocycles. The predicted octanol–water partition coefficient (Wildman–Crippen LogP) is 2.35. The van der Waals surface area contributed by atoms with Crippen LogP contribution in [0.4, 0.5) is 11.4 Å². The third-order valence-electron chi connectivity index (χ3n) is 2.12. The van der Waals surface area contributed by atoms with Crippen LogP contribution in [0.1, 0.15) is 16.6 Å². The summed E-state index contributed by atoms with van der Waals surface area (Å²) in [5.41, 5.74) is 1.36. The molecule has 2 N–H and O–H groups in total. The van der Waals surface area contributed by atoms with Crippen LogP contribution < -0.4 is 10.6 Å². The van der Waals surface area contributed by atoms with Gasteiger partial charge in [-0.25, -0.2) is 4.37 Å². The number of nitrogens with zero attached hydrogens (tertiary/aromatic N) is 1. The van der Waals surface area contributed by atoms with Crippen molar-refractivity contribution in [3.05, 3.63) is 41.4 Å². The molecule has 6 heteroatoms. The lowest BCUT2D eigenvalue weighted by atomic mass is 10.2. The van der Waals surface area contributed by atoms with Gasteiger partial charge in [-0.2, -0.15) is 0 Å². The van der Waals surface area contributed by atoms with E-state index in [0.717, 1.165) is 11.5 Å². The second kappa shape index (κ2) is 5.42. The lowest BCUT2D eigenvalue weighted by molar-refractivity contribution is -0.114. The molecule has 1 aromatic heterocycles. The standard InChI is InChI=1S/C12H11N3O2S/c1-8(16)14-9-2-4-10(5-3-9)15-12(17)11-6-7-13-18-11/h2-7H,1H3,(H,14,16)(H,15,17). The van der Waals surface area contributed by atoms with Crippen LogP contribution in [0.5, 0.6) is 0 Å². The van der Waals surface area contributed by atoms with Gasteiger partial charge in [0.05, 0.1) is 0 Å². The van der Waals surface area contributed by atoms with Crippen molar-refractivity contribution in [1.29, 1.82) is 0 Å². The molecule has 1 aromatic carbocycles. The molecule has 0 fully saturated rings. The molecule has 0 aliphatic heterocycles. The molecule has 2 rings (SSSR count). The molecule has 0 saturated heterocycles. The molecule has 0 radical (unpaired) electrons. The van der Waals surface area contributed by atoms with Crippen molar-refractivity contribution in [2.45, 2.75) is 6.92 Å². The van der Waals surface area contributed by atoms with E-state index in [-0.39, 0.29) is 11.8 Å². The minimum Gasteiger partial charge on any atom is -0.326 e. The van der Waals surface area contributed by atoms with Gasteiger partial charge in [-0.15, -0.1) is 0 Å². The highest BCUT2D eigenvalue weighted by molar-refractivity contribution is 7.08. The first-order valence-electron chi connectivity index (χ1n) is 5.25. The van der Waals surface area contributed by atoms with Gasteiger partial charge in [0.2, 0.25) is 5.91 Å². The smallest absolute Gasteiger partial charge is 0.267 e. The summed E-state index contributed by atoms with van der Waals surface area (Å²) in [6, 6.07) is 8.56. The molecule has 0 unspecified atom stereocenters. The van der Waals surface area contributed by atoms with E-state index in [1.165, 1.54) is 6.92 Å². The maximum Gasteiger partial charge on any atom is 0.267 e. The first kappa shape index (κ1) is 12.3. The number of hydrogen-bond acceptors (Lipinski definition) is 4. The number of hydrogen-bond donors (Lipinski definition) is 2. The summed E-state index contributed by atoms with van der Waals surface area (Å²) < 4.78 is 3.87. The van der Waals surface area contributed by atoms with Crippen LogP contribution in [0.3, 0.4) is 0 Å². The van der Waals surface area contributed by atoms with Gasteiger partial charge in [0.25, 0.3) is 5.91 Å².